The molecule has 3 aromatic rings. The first-order valence-electron chi connectivity index (χ1n) is 8.55. The summed E-state index contributed by atoms with van der Waals surface area (Å²) in [5.74, 6) is -1.02. The summed E-state index contributed by atoms with van der Waals surface area (Å²) < 4.78 is 6.70. The van der Waals surface area contributed by atoms with E-state index in [9.17, 15) is 9.59 Å². The van der Waals surface area contributed by atoms with Crippen molar-refractivity contribution in [3.63, 3.8) is 0 Å². The molecule has 2 heterocycles. The van der Waals surface area contributed by atoms with Gasteiger partial charge in [0.25, 0.3) is 17.5 Å². The maximum Gasteiger partial charge on any atom is 0.379 e. The highest BCUT2D eigenvalue weighted by Gasteiger charge is 2.23. The first kappa shape index (κ1) is 18.5. The van der Waals surface area contributed by atoms with Gasteiger partial charge in [0.05, 0.1) is 0 Å². The summed E-state index contributed by atoms with van der Waals surface area (Å²) in [7, 11) is 0. The number of aromatic nitrogens is 4. The summed E-state index contributed by atoms with van der Waals surface area (Å²) in [6.45, 7) is 8.98. The third-order valence-electron chi connectivity index (χ3n) is 4.18. The number of ether oxygens (including phenoxy) is 1. The molecule has 0 aliphatic heterocycles. The van der Waals surface area contributed by atoms with Crippen LogP contribution in [0.5, 0.6) is 0 Å². The summed E-state index contributed by atoms with van der Waals surface area (Å²) in [6.07, 6.45) is -1.00. The molecule has 0 aliphatic rings. The first-order valence-corrected chi connectivity index (χ1v) is 8.55. The summed E-state index contributed by atoms with van der Waals surface area (Å²) in [5.41, 5.74) is 4.15. The average Bonchev–Trinajstić information content (AvgIpc) is 3.02. The minimum atomic E-state index is -1.00. The number of esters is 1. The van der Waals surface area contributed by atoms with Crippen molar-refractivity contribution in [2.45, 2.75) is 40.7 Å². The number of para-hydroxylation sites is 1. The Balaban J connectivity index is 1.73. The van der Waals surface area contributed by atoms with Crippen LogP contribution in [0, 0.1) is 27.7 Å². The van der Waals surface area contributed by atoms with Crippen LogP contribution < -0.4 is 5.32 Å². The molecule has 0 fully saturated rings. The highest BCUT2D eigenvalue weighted by molar-refractivity contribution is 5.97. The van der Waals surface area contributed by atoms with Crippen molar-refractivity contribution in [3.8, 4) is 0 Å². The normalized spacial score (nSPS) is 12.0. The number of hydrogen-bond acceptors (Lipinski definition) is 6. The van der Waals surface area contributed by atoms with Crippen LogP contribution in [0.15, 0.2) is 24.3 Å². The molecule has 0 bridgehead atoms. The van der Waals surface area contributed by atoms with Gasteiger partial charge in [0.2, 0.25) is 0 Å². The third kappa shape index (κ3) is 3.79. The molecule has 1 aromatic carbocycles. The second-order valence-electron chi connectivity index (χ2n) is 6.49. The molecule has 2 aromatic heterocycles. The fourth-order valence-electron chi connectivity index (χ4n) is 2.76. The molecule has 0 saturated carbocycles. The average molecular weight is 367 g/mol. The Hall–Kier alpha value is -3.29. The van der Waals surface area contributed by atoms with Crippen molar-refractivity contribution in [2.75, 3.05) is 5.32 Å². The largest absolute Gasteiger partial charge is 0.447 e. The van der Waals surface area contributed by atoms with Crippen molar-refractivity contribution in [1.29, 1.82) is 0 Å². The standard InChI is InChI=1S/C19H21N5O3/c1-10-7-6-8-11(2)15(10)21-17(25)14(5)27-18(26)16-22-19-20-12(3)9-13(4)24(19)23-16/h6-9,14H,1-5H3,(H,21,25). The Morgan fingerprint density at radius 3 is 2.44 bits per heavy atom. The highest BCUT2D eigenvalue weighted by atomic mass is 16.5. The van der Waals surface area contributed by atoms with E-state index < -0.39 is 18.0 Å². The molecule has 0 saturated heterocycles. The fourth-order valence-corrected chi connectivity index (χ4v) is 2.76. The van der Waals surface area contributed by atoms with Crippen LogP contribution in [0.2, 0.25) is 0 Å². The minimum Gasteiger partial charge on any atom is -0.447 e. The van der Waals surface area contributed by atoms with Crippen LogP contribution in [0.1, 0.15) is 40.1 Å². The molecular formula is C19H21N5O3. The monoisotopic (exact) mass is 367 g/mol. The second-order valence-corrected chi connectivity index (χ2v) is 6.49. The molecule has 0 radical (unpaired) electrons. The zero-order chi connectivity index (χ0) is 19.7. The summed E-state index contributed by atoms with van der Waals surface area (Å²) in [6, 6.07) is 7.54. The molecule has 8 nitrogen and oxygen atoms in total. The van der Waals surface area contributed by atoms with Crippen LogP contribution in [0.4, 0.5) is 5.69 Å². The molecular weight excluding hydrogens is 346 g/mol. The third-order valence-corrected chi connectivity index (χ3v) is 4.18. The van der Waals surface area contributed by atoms with E-state index in [0.29, 0.717) is 11.5 Å². The van der Waals surface area contributed by atoms with Crippen LogP contribution >= 0.6 is 0 Å². The van der Waals surface area contributed by atoms with Gasteiger partial charge in [-0.15, -0.1) is 5.10 Å². The lowest BCUT2D eigenvalue weighted by Crippen LogP contribution is -2.30. The van der Waals surface area contributed by atoms with Gasteiger partial charge in [0.15, 0.2) is 6.10 Å². The number of aryl methyl sites for hydroxylation is 4. The number of hydrogen-bond donors (Lipinski definition) is 1. The van der Waals surface area contributed by atoms with Crippen molar-refractivity contribution in [3.05, 3.63) is 52.6 Å². The predicted octanol–water partition coefficient (Wildman–Crippen LogP) is 2.54. The lowest BCUT2D eigenvalue weighted by atomic mass is 10.1. The van der Waals surface area contributed by atoms with Gasteiger partial charge in [-0.1, -0.05) is 18.2 Å². The van der Waals surface area contributed by atoms with Gasteiger partial charge in [0.1, 0.15) is 0 Å². The van der Waals surface area contributed by atoms with Crippen molar-refractivity contribution in [2.24, 2.45) is 0 Å². The van der Waals surface area contributed by atoms with E-state index in [2.05, 4.69) is 20.4 Å². The smallest absolute Gasteiger partial charge is 0.379 e. The van der Waals surface area contributed by atoms with Crippen LogP contribution in [-0.4, -0.2) is 37.6 Å². The maximum atomic E-state index is 12.4. The summed E-state index contributed by atoms with van der Waals surface area (Å²) in [4.78, 5) is 33.1. The Kier molecular flexibility index (Phi) is 4.89. The van der Waals surface area contributed by atoms with E-state index in [0.717, 1.165) is 22.5 Å². The van der Waals surface area contributed by atoms with Crippen molar-refractivity contribution in [1.82, 2.24) is 19.6 Å². The van der Waals surface area contributed by atoms with Gasteiger partial charge >= 0.3 is 5.97 Å². The number of anilines is 1. The SMILES string of the molecule is Cc1cc(C)n2nc(C(=O)OC(C)C(=O)Nc3c(C)cccc3C)nc2n1. The van der Waals surface area contributed by atoms with Crippen LogP contribution in [0.3, 0.4) is 0 Å². The van der Waals surface area contributed by atoms with Crippen molar-refractivity contribution < 1.29 is 14.3 Å². The zero-order valence-electron chi connectivity index (χ0n) is 15.9. The minimum absolute atomic E-state index is 0.136. The van der Waals surface area contributed by atoms with E-state index in [1.807, 2.05) is 52.0 Å². The zero-order valence-corrected chi connectivity index (χ0v) is 15.9. The lowest BCUT2D eigenvalue weighted by Gasteiger charge is -2.15. The molecule has 3 rings (SSSR count). The van der Waals surface area contributed by atoms with E-state index in [-0.39, 0.29) is 5.82 Å². The van der Waals surface area contributed by atoms with Gasteiger partial charge in [-0.3, -0.25) is 4.79 Å². The Morgan fingerprint density at radius 2 is 1.78 bits per heavy atom. The number of nitrogens with zero attached hydrogens (tertiary/aromatic N) is 4. The lowest BCUT2D eigenvalue weighted by molar-refractivity contribution is -0.123. The number of rotatable bonds is 4. The number of benzene rings is 1. The summed E-state index contributed by atoms with van der Waals surface area (Å²) in [5, 5.41) is 6.92. The van der Waals surface area contributed by atoms with E-state index in [1.165, 1.54) is 11.4 Å². The molecule has 27 heavy (non-hydrogen) atoms. The van der Waals surface area contributed by atoms with E-state index >= 15 is 0 Å². The molecule has 1 amide bonds. The Labute approximate surface area is 156 Å². The topological polar surface area (TPSA) is 98.5 Å². The number of fused-ring (bicyclic) bond motifs is 1. The molecule has 8 heteroatoms. The van der Waals surface area contributed by atoms with E-state index in [4.69, 9.17) is 4.74 Å². The second kappa shape index (κ2) is 7.14. The van der Waals surface area contributed by atoms with Crippen LogP contribution in [-0.2, 0) is 9.53 Å². The van der Waals surface area contributed by atoms with Crippen molar-refractivity contribution >= 4 is 23.3 Å². The number of nitrogens with one attached hydrogen (secondary N) is 1. The Bertz CT molecular complexity index is 1020. The van der Waals surface area contributed by atoms with E-state index in [1.54, 1.807) is 0 Å². The number of carbonyl (C=O) groups is 2. The molecule has 1 N–H and O–H groups in total. The molecule has 140 valence electrons. The quantitative estimate of drug-likeness (QED) is 0.712. The molecule has 1 atom stereocenters. The van der Waals surface area contributed by atoms with Gasteiger partial charge in [-0.25, -0.2) is 14.3 Å². The fraction of sp³-hybridized carbons (Fsp3) is 0.316. The number of carbonyl (C=O) groups excluding carboxylic acids is 2. The molecule has 0 spiro atoms. The predicted molar refractivity (Wildman–Crippen MR) is 99.7 cm³/mol. The summed E-state index contributed by atoms with van der Waals surface area (Å²) >= 11 is 0. The Morgan fingerprint density at radius 1 is 1.11 bits per heavy atom. The van der Waals surface area contributed by atoms with Gasteiger partial charge in [-0.05, 0) is 51.8 Å². The van der Waals surface area contributed by atoms with Gasteiger partial charge < -0.3 is 10.1 Å². The molecule has 0 aliphatic carbocycles. The maximum absolute atomic E-state index is 12.4. The highest BCUT2D eigenvalue weighted by Crippen LogP contribution is 2.20. The van der Waals surface area contributed by atoms with Gasteiger partial charge in [0, 0.05) is 17.1 Å². The first-order chi connectivity index (χ1) is 12.8. The van der Waals surface area contributed by atoms with Gasteiger partial charge in [-0.2, -0.15) is 4.98 Å². The number of amides is 1. The van der Waals surface area contributed by atoms with Crippen LogP contribution in [0.25, 0.3) is 5.78 Å². The molecule has 1 unspecified atom stereocenters.